The van der Waals surface area contributed by atoms with E-state index >= 15 is 0 Å². The van der Waals surface area contributed by atoms with Gasteiger partial charge in [0.2, 0.25) is 0 Å². The Morgan fingerprint density at radius 2 is 0.885 bits per heavy atom. The minimum Gasteiger partial charge on any atom is -0.386 e. The molecule has 0 spiro atoms. The van der Waals surface area contributed by atoms with E-state index in [4.69, 9.17) is 8.83 Å². The van der Waals surface area contributed by atoms with Crippen LogP contribution in [-0.2, 0) is 0 Å². The van der Waals surface area contributed by atoms with E-state index in [1.54, 1.807) is 36.4 Å². The smallest absolute Gasteiger partial charge is 0.347 e. The van der Waals surface area contributed by atoms with Crippen molar-refractivity contribution in [1.29, 1.82) is 0 Å². The average molecular weight is 342 g/mol. The molecule has 0 N–H and O–H groups in total. The van der Waals surface area contributed by atoms with Crippen LogP contribution in [-0.4, -0.2) is 0 Å². The van der Waals surface area contributed by atoms with Crippen molar-refractivity contribution in [1.82, 2.24) is 0 Å². The van der Waals surface area contributed by atoms with Crippen LogP contribution in [0.1, 0.15) is 0 Å². The van der Waals surface area contributed by atoms with Gasteiger partial charge in [0.05, 0.1) is 21.5 Å². The van der Waals surface area contributed by atoms with Gasteiger partial charge in [0.25, 0.3) is 0 Å². The lowest BCUT2D eigenvalue weighted by Crippen LogP contribution is -1.95. The van der Waals surface area contributed by atoms with Crippen molar-refractivity contribution in [2.24, 2.45) is 0 Å². The van der Waals surface area contributed by atoms with Crippen molar-refractivity contribution < 1.29 is 8.83 Å². The van der Waals surface area contributed by atoms with Gasteiger partial charge in [-0.15, -0.1) is 0 Å². The van der Waals surface area contributed by atoms with E-state index in [0.29, 0.717) is 10.8 Å². The number of rotatable bonds is 0. The van der Waals surface area contributed by atoms with Crippen molar-refractivity contribution in [3.05, 3.63) is 78.1 Å². The third-order valence-electron chi connectivity index (χ3n) is 5.12. The van der Waals surface area contributed by atoms with Crippen LogP contribution in [0.5, 0.6) is 0 Å². The number of fused-ring (bicyclic) bond motifs is 4. The van der Waals surface area contributed by atoms with Gasteiger partial charge in [-0.3, -0.25) is 0 Å². The highest BCUT2D eigenvalue weighted by Gasteiger charge is 2.20. The van der Waals surface area contributed by atoms with Gasteiger partial charge < -0.3 is 8.83 Å². The third kappa shape index (κ3) is 1.35. The first-order valence-electron chi connectivity index (χ1n) is 7.86. The van der Waals surface area contributed by atoms with Gasteiger partial charge in [-0.1, -0.05) is 24.3 Å². The Bertz CT molecular complexity index is 1620. The summed E-state index contributed by atoms with van der Waals surface area (Å²) in [6.07, 6.45) is 0. The zero-order valence-corrected chi connectivity index (χ0v) is 12.9. The van der Waals surface area contributed by atoms with E-state index in [2.05, 4.69) is 0 Å². The number of benzene rings is 4. The molecule has 6 heteroatoms. The summed E-state index contributed by atoms with van der Waals surface area (Å²) in [6, 6.07) is 10.2. The first-order valence-corrected chi connectivity index (χ1v) is 7.86. The SMILES string of the molecule is O=c1oc(=O)c2c1cc1ccc3c4c(=O)oc(=O)c4cc4ccc2c1c43. The summed E-state index contributed by atoms with van der Waals surface area (Å²) in [5.41, 5.74) is -2.68. The highest BCUT2D eigenvalue weighted by molar-refractivity contribution is 6.32. The summed E-state index contributed by atoms with van der Waals surface area (Å²) < 4.78 is 9.51. The Balaban J connectivity index is 2.07. The average Bonchev–Trinajstić information content (AvgIpc) is 3.07. The highest BCUT2D eigenvalue weighted by atomic mass is 16.4. The Labute approximate surface area is 141 Å². The molecule has 2 heterocycles. The molecule has 0 aliphatic rings. The van der Waals surface area contributed by atoms with Gasteiger partial charge in [-0.2, -0.15) is 0 Å². The maximum atomic E-state index is 12.1. The summed E-state index contributed by atoms with van der Waals surface area (Å²) in [7, 11) is 0. The molecule has 6 aromatic rings. The maximum absolute atomic E-state index is 12.1. The molecule has 6 rings (SSSR count). The topological polar surface area (TPSA) is 94.6 Å². The second-order valence-electron chi connectivity index (χ2n) is 6.37. The van der Waals surface area contributed by atoms with E-state index in [1.165, 1.54) is 0 Å². The minimum atomic E-state index is -0.678. The number of hydrogen-bond acceptors (Lipinski definition) is 6. The maximum Gasteiger partial charge on any atom is 0.347 e. The zero-order chi connectivity index (χ0) is 17.7. The van der Waals surface area contributed by atoms with Crippen molar-refractivity contribution in [2.45, 2.75) is 0 Å². The van der Waals surface area contributed by atoms with Gasteiger partial charge >= 0.3 is 22.5 Å². The Hall–Kier alpha value is -3.80. The molecular formula is C20H6O6. The molecule has 0 saturated heterocycles. The second kappa shape index (κ2) is 4.05. The van der Waals surface area contributed by atoms with Crippen molar-refractivity contribution in [2.75, 3.05) is 0 Å². The predicted octanol–water partition coefficient (Wildman–Crippen LogP) is 2.39. The molecule has 6 nitrogen and oxygen atoms in total. The van der Waals surface area contributed by atoms with Gasteiger partial charge in [-0.25, -0.2) is 19.2 Å². The number of hydrogen-bond donors (Lipinski definition) is 0. The van der Waals surface area contributed by atoms with Crippen LogP contribution in [0.2, 0.25) is 0 Å². The molecule has 2 aromatic heterocycles. The molecule has 0 radical (unpaired) electrons. The fraction of sp³-hybridized carbons (Fsp3) is 0. The van der Waals surface area contributed by atoms with Crippen LogP contribution >= 0.6 is 0 Å². The Morgan fingerprint density at radius 1 is 0.462 bits per heavy atom. The first kappa shape index (κ1) is 13.5. The molecule has 4 aromatic carbocycles. The third-order valence-corrected chi connectivity index (χ3v) is 5.12. The molecule has 26 heavy (non-hydrogen) atoms. The lowest BCUT2D eigenvalue weighted by Gasteiger charge is -2.11. The van der Waals surface area contributed by atoms with Crippen LogP contribution < -0.4 is 22.5 Å². The van der Waals surface area contributed by atoms with Crippen molar-refractivity contribution in [3.63, 3.8) is 0 Å². The van der Waals surface area contributed by atoms with Gasteiger partial charge in [-0.05, 0) is 44.5 Å². The second-order valence-corrected chi connectivity index (χ2v) is 6.37. The molecule has 0 fully saturated rings. The van der Waals surface area contributed by atoms with Crippen LogP contribution in [0.15, 0.2) is 64.4 Å². The number of furan rings is 2. The Morgan fingerprint density at radius 3 is 1.31 bits per heavy atom. The van der Waals surface area contributed by atoms with Gasteiger partial charge in [0.1, 0.15) is 0 Å². The summed E-state index contributed by atoms with van der Waals surface area (Å²) in [5, 5.41) is 5.12. The highest BCUT2D eigenvalue weighted by Crippen LogP contribution is 2.39. The predicted molar refractivity (Wildman–Crippen MR) is 97.1 cm³/mol. The molecule has 0 unspecified atom stereocenters. The van der Waals surface area contributed by atoms with E-state index in [-0.39, 0.29) is 21.5 Å². The van der Waals surface area contributed by atoms with Gasteiger partial charge in [0.15, 0.2) is 0 Å². The zero-order valence-electron chi connectivity index (χ0n) is 12.9. The van der Waals surface area contributed by atoms with E-state index in [9.17, 15) is 19.2 Å². The molecule has 0 amide bonds. The van der Waals surface area contributed by atoms with E-state index < -0.39 is 22.5 Å². The fourth-order valence-electron chi connectivity index (χ4n) is 4.09. The van der Waals surface area contributed by atoms with Crippen LogP contribution in [0.3, 0.4) is 0 Å². The summed E-state index contributed by atoms with van der Waals surface area (Å²) in [5.74, 6) is 0. The molecule has 0 bridgehead atoms. The molecule has 0 aliphatic heterocycles. The normalized spacial score (nSPS) is 12.5. The lowest BCUT2D eigenvalue weighted by atomic mass is 9.90. The fourth-order valence-corrected chi connectivity index (χ4v) is 4.09. The molecule has 0 aliphatic carbocycles. The van der Waals surface area contributed by atoms with E-state index in [1.807, 2.05) is 0 Å². The molecule has 0 atom stereocenters. The van der Waals surface area contributed by atoms with Crippen molar-refractivity contribution in [3.8, 4) is 0 Å². The lowest BCUT2D eigenvalue weighted by molar-refractivity contribution is 0.500. The quantitative estimate of drug-likeness (QED) is 0.393. The Kier molecular flexibility index (Phi) is 2.10. The molecular weight excluding hydrogens is 336 g/mol. The monoisotopic (exact) mass is 342 g/mol. The molecule has 122 valence electrons. The largest absolute Gasteiger partial charge is 0.386 e. The summed E-state index contributed by atoms with van der Waals surface area (Å²) in [4.78, 5) is 48.2. The van der Waals surface area contributed by atoms with Crippen molar-refractivity contribution >= 4 is 53.9 Å². The standard InChI is InChI=1S/C20H6O6/c21-17-11-5-7-1-3-9-14-8(6-12-15(9)19(23)26-18(12)22)2-4-10(13(7)14)16(11)20(24)25-17/h1-6H. The van der Waals surface area contributed by atoms with Gasteiger partial charge in [0, 0.05) is 0 Å². The first-order chi connectivity index (χ1) is 12.5. The van der Waals surface area contributed by atoms with E-state index in [0.717, 1.165) is 21.5 Å². The molecule has 0 saturated carbocycles. The summed E-state index contributed by atoms with van der Waals surface area (Å²) in [6.45, 7) is 0. The van der Waals surface area contributed by atoms with Crippen LogP contribution in [0.4, 0.5) is 0 Å². The van der Waals surface area contributed by atoms with Crippen LogP contribution in [0, 0.1) is 0 Å². The van der Waals surface area contributed by atoms with Crippen LogP contribution in [0.25, 0.3) is 53.9 Å². The minimum absolute atomic E-state index is 0.232. The summed E-state index contributed by atoms with van der Waals surface area (Å²) >= 11 is 0.